The number of hydrogen-bond acceptors (Lipinski definition) is 5. The molecule has 0 saturated carbocycles. The molecule has 19 heavy (non-hydrogen) atoms. The first-order chi connectivity index (χ1) is 8.97. The van der Waals surface area contributed by atoms with Gasteiger partial charge in [0.1, 0.15) is 17.2 Å². The summed E-state index contributed by atoms with van der Waals surface area (Å²) in [5.74, 6) is -0.0911. The Labute approximate surface area is 119 Å². The number of hydrogen-bond donors (Lipinski definition) is 1. The third-order valence-electron chi connectivity index (χ3n) is 2.50. The summed E-state index contributed by atoms with van der Waals surface area (Å²) >= 11 is 7.34. The van der Waals surface area contributed by atoms with Gasteiger partial charge in [0.2, 0.25) is 0 Å². The Balaban J connectivity index is 2.29. The van der Waals surface area contributed by atoms with E-state index in [9.17, 15) is 4.79 Å². The van der Waals surface area contributed by atoms with E-state index in [1.54, 1.807) is 18.9 Å². The first-order valence-corrected chi connectivity index (χ1v) is 6.69. The summed E-state index contributed by atoms with van der Waals surface area (Å²) in [5.41, 5.74) is 0.0933. The van der Waals surface area contributed by atoms with Gasteiger partial charge in [-0.25, -0.2) is 14.8 Å². The van der Waals surface area contributed by atoms with E-state index in [4.69, 9.17) is 16.7 Å². The fourth-order valence-corrected chi connectivity index (χ4v) is 2.79. The first-order valence-electron chi connectivity index (χ1n) is 5.49. The van der Waals surface area contributed by atoms with Crippen LogP contribution in [0.3, 0.4) is 0 Å². The molecule has 0 radical (unpaired) electrons. The Morgan fingerprint density at radius 3 is 2.84 bits per heavy atom. The van der Waals surface area contributed by atoms with E-state index in [1.165, 1.54) is 17.5 Å². The molecule has 0 saturated heterocycles. The largest absolute Gasteiger partial charge is 0.477 e. The van der Waals surface area contributed by atoms with Gasteiger partial charge in [-0.05, 0) is 19.1 Å². The Morgan fingerprint density at radius 2 is 2.26 bits per heavy atom. The van der Waals surface area contributed by atoms with Crippen LogP contribution in [0.5, 0.6) is 0 Å². The Kier molecular flexibility index (Phi) is 4.01. The highest BCUT2D eigenvalue weighted by Crippen LogP contribution is 2.25. The second-order valence-electron chi connectivity index (χ2n) is 4.02. The van der Waals surface area contributed by atoms with Crippen molar-refractivity contribution in [2.45, 2.75) is 13.5 Å². The number of carboxylic acids is 1. The third-order valence-corrected chi connectivity index (χ3v) is 3.72. The van der Waals surface area contributed by atoms with E-state index in [0.717, 1.165) is 4.88 Å². The van der Waals surface area contributed by atoms with Gasteiger partial charge < -0.3 is 10.0 Å². The molecule has 2 rings (SSSR count). The highest BCUT2D eigenvalue weighted by Gasteiger charge is 2.16. The zero-order chi connectivity index (χ0) is 14.0. The molecule has 0 aliphatic heterocycles. The molecule has 2 aromatic rings. The number of halogens is 1. The smallest absolute Gasteiger partial charge is 0.341 e. The van der Waals surface area contributed by atoms with Crippen molar-refractivity contribution in [3.8, 4) is 0 Å². The van der Waals surface area contributed by atoms with Gasteiger partial charge in [-0.15, -0.1) is 11.3 Å². The zero-order valence-corrected chi connectivity index (χ0v) is 12.0. The van der Waals surface area contributed by atoms with Crippen LogP contribution in [-0.4, -0.2) is 28.1 Å². The van der Waals surface area contributed by atoms with Crippen molar-refractivity contribution in [1.29, 1.82) is 0 Å². The standard InChI is InChI=1S/C12H12ClN3O2S/c1-7-14-5-9(12(17)18)11(15-7)16(2)6-8-3-4-10(13)19-8/h3-5H,6H2,1-2H3,(H,17,18). The lowest BCUT2D eigenvalue weighted by atomic mass is 10.3. The topological polar surface area (TPSA) is 66.3 Å². The molecule has 0 bridgehead atoms. The molecular formula is C12H12ClN3O2S. The fraction of sp³-hybridized carbons (Fsp3) is 0.250. The van der Waals surface area contributed by atoms with E-state index in [0.29, 0.717) is 22.5 Å². The van der Waals surface area contributed by atoms with Crippen molar-refractivity contribution in [2.75, 3.05) is 11.9 Å². The second-order valence-corrected chi connectivity index (χ2v) is 5.82. The minimum atomic E-state index is -1.04. The zero-order valence-electron chi connectivity index (χ0n) is 10.4. The lowest BCUT2D eigenvalue weighted by molar-refractivity contribution is 0.0696. The summed E-state index contributed by atoms with van der Waals surface area (Å²) < 4.78 is 0.709. The van der Waals surface area contributed by atoms with Gasteiger partial charge in [-0.1, -0.05) is 11.6 Å². The van der Waals surface area contributed by atoms with Crippen LogP contribution in [0.2, 0.25) is 4.34 Å². The number of carbonyl (C=O) groups is 1. The fourth-order valence-electron chi connectivity index (χ4n) is 1.65. The summed E-state index contributed by atoms with van der Waals surface area (Å²) in [7, 11) is 1.79. The average molecular weight is 298 g/mol. The second kappa shape index (κ2) is 5.54. The van der Waals surface area contributed by atoms with Crippen molar-refractivity contribution in [1.82, 2.24) is 9.97 Å². The van der Waals surface area contributed by atoms with Gasteiger partial charge in [0.05, 0.1) is 10.9 Å². The molecule has 100 valence electrons. The van der Waals surface area contributed by atoms with Crippen molar-refractivity contribution < 1.29 is 9.90 Å². The molecule has 0 aliphatic carbocycles. The van der Waals surface area contributed by atoms with Gasteiger partial charge >= 0.3 is 5.97 Å². The summed E-state index contributed by atoms with van der Waals surface area (Å²) in [6.45, 7) is 2.28. The number of anilines is 1. The van der Waals surface area contributed by atoms with Crippen LogP contribution in [0, 0.1) is 6.92 Å². The first kappa shape index (κ1) is 13.8. The average Bonchev–Trinajstić information content (AvgIpc) is 2.74. The highest BCUT2D eigenvalue weighted by atomic mass is 35.5. The van der Waals surface area contributed by atoms with Crippen molar-refractivity contribution in [3.05, 3.63) is 38.9 Å². The molecule has 0 atom stereocenters. The summed E-state index contributed by atoms with van der Waals surface area (Å²) in [6, 6.07) is 3.73. The van der Waals surface area contributed by atoms with Gasteiger partial charge in [-0.2, -0.15) is 0 Å². The maximum Gasteiger partial charge on any atom is 0.341 e. The van der Waals surface area contributed by atoms with Crippen LogP contribution in [0.1, 0.15) is 21.1 Å². The molecule has 0 unspecified atom stereocenters. The van der Waals surface area contributed by atoms with E-state index < -0.39 is 5.97 Å². The lowest BCUT2D eigenvalue weighted by Crippen LogP contribution is -2.21. The van der Waals surface area contributed by atoms with Gasteiger partial charge in [0.25, 0.3) is 0 Å². The molecule has 2 aromatic heterocycles. The molecule has 1 N–H and O–H groups in total. The summed E-state index contributed by atoms with van der Waals surface area (Å²) in [6.07, 6.45) is 1.33. The monoisotopic (exact) mass is 297 g/mol. The van der Waals surface area contributed by atoms with E-state index in [2.05, 4.69) is 9.97 Å². The predicted molar refractivity (Wildman–Crippen MR) is 75.2 cm³/mol. The van der Waals surface area contributed by atoms with Crippen LogP contribution in [0.15, 0.2) is 18.3 Å². The van der Waals surface area contributed by atoms with E-state index in [-0.39, 0.29) is 5.56 Å². The predicted octanol–water partition coefficient (Wildman–Crippen LogP) is 2.83. The molecule has 0 aromatic carbocycles. The molecule has 7 heteroatoms. The third kappa shape index (κ3) is 3.21. The number of nitrogens with zero attached hydrogens (tertiary/aromatic N) is 3. The van der Waals surface area contributed by atoms with Gasteiger partial charge in [-0.3, -0.25) is 0 Å². The number of rotatable bonds is 4. The van der Waals surface area contributed by atoms with Gasteiger partial charge in [0.15, 0.2) is 0 Å². The maximum atomic E-state index is 11.2. The van der Waals surface area contributed by atoms with Crippen LogP contribution in [-0.2, 0) is 6.54 Å². The Hall–Kier alpha value is -1.66. The quantitative estimate of drug-likeness (QED) is 0.940. The minimum Gasteiger partial charge on any atom is -0.477 e. The van der Waals surface area contributed by atoms with Gasteiger partial charge in [0, 0.05) is 18.1 Å². The molecule has 2 heterocycles. The molecule has 0 spiro atoms. The van der Waals surface area contributed by atoms with Crippen molar-refractivity contribution >= 4 is 34.7 Å². The number of aromatic nitrogens is 2. The number of carboxylic acid groups (broad SMARTS) is 1. The molecule has 0 fully saturated rings. The van der Waals surface area contributed by atoms with Crippen LogP contribution < -0.4 is 4.90 Å². The SMILES string of the molecule is Cc1ncc(C(=O)O)c(N(C)Cc2ccc(Cl)s2)n1. The summed E-state index contributed by atoms with van der Waals surface area (Å²) in [5, 5.41) is 9.15. The number of thiophene rings is 1. The Bertz CT molecular complexity index is 615. The summed E-state index contributed by atoms with van der Waals surface area (Å²) in [4.78, 5) is 22.1. The van der Waals surface area contributed by atoms with Crippen molar-refractivity contribution in [3.63, 3.8) is 0 Å². The van der Waals surface area contributed by atoms with Crippen LogP contribution >= 0.6 is 22.9 Å². The van der Waals surface area contributed by atoms with Crippen LogP contribution in [0.25, 0.3) is 0 Å². The van der Waals surface area contributed by atoms with Crippen LogP contribution in [0.4, 0.5) is 5.82 Å². The maximum absolute atomic E-state index is 11.2. The molecule has 0 amide bonds. The Morgan fingerprint density at radius 1 is 1.53 bits per heavy atom. The molecule has 5 nitrogen and oxygen atoms in total. The van der Waals surface area contributed by atoms with E-state index >= 15 is 0 Å². The highest BCUT2D eigenvalue weighted by molar-refractivity contribution is 7.16. The molecular weight excluding hydrogens is 286 g/mol. The van der Waals surface area contributed by atoms with Crippen molar-refractivity contribution in [2.24, 2.45) is 0 Å². The molecule has 0 aliphatic rings. The number of aromatic carboxylic acids is 1. The van der Waals surface area contributed by atoms with E-state index in [1.807, 2.05) is 12.1 Å². The minimum absolute atomic E-state index is 0.0933. The lowest BCUT2D eigenvalue weighted by Gasteiger charge is -2.19. The normalized spacial score (nSPS) is 10.5. The number of aryl methyl sites for hydroxylation is 1.